The molecule has 2 atom stereocenters. The van der Waals surface area contributed by atoms with E-state index in [-0.39, 0.29) is 10.8 Å². The van der Waals surface area contributed by atoms with E-state index in [9.17, 15) is 4.39 Å². The molecule has 0 bridgehead atoms. The lowest BCUT2D eigenvalue weighted by molar-refractivity contribution is 0.130. The van der Waals surface area contributed by atoms with Crippen LogP contribution in [0.5, 0.6) is 0 Å². The third-order valence-electron chi connectivity index (χ3n) is 4.43. The molecule has 1 N–H and O–H groups in total. The second-order valence-electron chi connectivity index (χ2n) is 6.99. The van der Waals surface area contributed by atoms with E-state index in [1.54, 1.807) is 6.07 Å². The molecular weight excluding hydrogens is 273 g/mol. The molecule has 0 spiro atoms. The fourth-order valence-corrected chi connectivity index (χ4v) is 3.43. The summed E-state index contributed by atoms with van der Waals surface area (Å²) in [5.41, 5.74) is 1.29. The van der Waals surface area contributed by atoms with Gasteiger partial charge in [-0.25, -0.2) is 4.39 Å². The van der Waals surface area contributed by atoms with Gasteiger partial charge in [0.05, 0.1) is 5.02 Å². The predicted molar refractivity (Wildman–Crippen MR) is 83.5 cm³/mol. The molecule has 0 aliphatic heterocycles. The second kappa shape index (κ2) is 6.44. The fraction of sp³-hybridized carbons (Fsp3) is 0.647. The number of hydrogen-bond donors (Lipinski definition) is 1. The zero-order valence-corrected chi connectivity index (χ0v) is 13.4. The van der Waals surface area contributed by atoms with E-state index in [1.807, 2.05) is 6.07 Å². The highest BCUT2D eigenvalue weighted by molar-refractivity contribution is 6.30. The average Bonchev–Trinajstić information content (AvgIpc) is 2.39. The van der Waals surface area contributed by atoms with E-state index in [1.165, 1.54) is 31.7 Å². The van der Waals surface area contributed by atoms with Crippen molar-refractivity contribution in [3.05, 3.63) is 34.6 Å². The van der Waals surface area contributed by atoms with Gasteiger partial charge in [-0.05, 0) is 41.9 Å². The van der Waals surface area contributed by atoms with Gasteiger partial charge < -0.3 is 5.32 Å². The maximum Gasteiger partial charge on any atom is 0.142 e. The van der Waals surface area contributed by atoms with Crippen molar-refractivity contribution >= 4 is 11.6 Å². The van der Waals surface area contributed by atoms with Crippen LogP contribution in [0.1, 0.15) is 52.0 Å². The zero-order valence-electron chi connectivity index (χ0n) is 12.7. The van der Waals surface area contributed by atoms with Crippen molar-refractivity contribution in [1.29, 1.82) is 0 Å². The van der Waals surface area contributed by atoms with Crippen LogP contribution < -0.4 is 5.32 Å². The van der Waals surface area contributed by atoms with Crippen molar-refractivity contribution in [3.8, 4) is 0 Å². The Labute approximate surface area is 126 Å². The molecule has 0 aromatic heterocycles. The summed E-state index contributed by atoms with van der Waals surface area (Å²) in [5, 5.41) is 3.82. The van der Waals surface area contributed by atoms with Crippen molar-refractivity contribution in [2.75, 3.05) is 0 Å². The van der Waals surface area contributed by atoms with Gasteiger partial charge in [0.15, 0.2) is 0 Å². The summed E-state index contributed by atoms with van der Waals surface area (Å²) < 4.78 is 13.5. The quantitative estimate of drug-likeness (QED) is 0.811. The molecule has 1 aliphatic rings. The van der Waals surface area contributed by atoms with Gasteiger partial charge in [-0.1, -0.05) is 51.3 Å². The van der Waals surface area contributed by atoms with E-state index in [0.29, 0.717) is 23.9 Å². The lowest BCUT2D eigenvalue weighted by Crippen LogP contribution is -2.43. The molecule has 2 rings (SSSR count). The first-order valence-electron chi connectivity index (χ1n) is 7.55. The lowest BCUT2D eigenvalue weighted by atomic mass is 9.69. The van der Waals surface area contributed by atoms with Crippen LogP contribution in [0.25, 0.3) is 0 Å². The van der Waals surface area contributed by atoms with Crippen LogP contribution in [0.3, 0.4) is 0 Å². The van der Waals surface area contributed by atoms with Crippen molar-refractivity contribution in [2.45, 2.75) is 59.0 Å². The molecule has 0 radical (unpaired) electrons. The van der Waals surface area contributed by atoms with Gasteiger partial charge in [0.1, 0.15) is 5.82 Å². The van der Waals surface area contributed by atoms with E-state index in [0.717, 1.165) is 5.56 Å². The van der Waals surface area contributed by atoms with Gasteiger partial charge in [0.25, 0.3) is 0 Å². The second-order valence-corrected chi connectivity index (χ2v) is 7.40. The van der Waals surface area contributed by atoms with Gasteiger partial charge in [0, 0.05) is 12.6 Å². The Balaban J connectivity index is 1.99. The summed E-state index contributed by atoms with van der Waals surface area (Å²) in [6, 6.07) is 5.59. The highest BCUT2D eigenvalue weighted by atomic mass is 35.5. The minimum atomic E-state index is -0.331. The predicted octanol–water partition coefficient (Wildman–Crippen LogP) is 5.17. The summed E-state index contributed by atoms with van der Waals surface area (Å²) in [7, 11) is 0. The molecule has 0 heterocycles. The number of hydrogen-bond acceptors (Lipinski definition) is 1. The van der Waals surface area contributed by atoms with Gasteiger partial charge >= 0.3 is 0 Å². The topological polar surface area (TPSA) is 12.0 Å². The first-order valence-corrected chi connectivity index (χ1v) is 7.93. The molecule has 1 aliphatic carbocycles. The number of rotatable bonds is 3. The minimum Gasteiger partial charge on any atom is -0.310 e. The van der Waals surface area contributed by atoms with Gasteiger partial charge in [-0.15, -0.1) is 0 Å². The maximum absolute atomic E-state index is 13.5. The van der Waals surface area contributed by atoms with Gasteiger partial charge in [-0.3, -0.25) is 0 Å². The van der Waals surface area contributed by atoms with Crippen molar-refractivity contribution in [1.82, 2.24) is 5.32 Å². The molecule has 0 amide bonds. The summed E-state index contributed by atoms with van der Waals surface area (Å²) in [5.74, 6) is 0.357. The molecule has 1 fully saturated rings. The van der Waals surface area contributed by atoms with E-state index in [4.69, 9.17) is 11.6 Å². The van der Waals surface area contributed by atoms with E-state index in [2.05, 4.69) is 26.1 Å². The van der Waals surface area contributed by atoms with Crippen LogP contribution >= 0.6 is 11.6 Å². The zero-order chi connectivity index (χ0) is 14.8. The Morgan fingerprint density at radius 1 is 1.25 bits per heavy atom. The lowest BCUT2D eigenvalue weighted by Gasteiger charge is -2.41. The molecule has 0 saturated heterocycles. The van der Waals surface area contributed by atoms with Crippen molar-refractivity contribution in [3.63, 3.8) is 0 Å². The smallest absolute Gasteiger partial charge is 0.142 e. The Kier molecular flexibility index (Phi) is 5.09. The average molecular weight is 298 g/mol. The van der Waals surface area contributed by atoms with Gasteiger partial charge in [0.2, 0.25) is 0 Å². The monoisotopic (exact) mass is 297 g/mol. The van der Waals surface area contributed by atoms with E-state index >= 15 is 0 Å². The van der Waals surface area contributed by atoms with Crippen LogP contribution in [0.15, 0.2) is 18.2 Å². The normalized spacial score (nSPS) is 23.9. The molecule has 112 valence electrons. The molecular formula is C17H25ClFN. The van der Waals surface area contributed by atoms with Crippen LogP contribution in [0, 0.1) is 17.2 Å². The molecule has 2 unspecified atom stereocenters. The maximum atomic E-state index is 13.5. The van der Waals surface area contributed by atoms with Crippen molar-refractivity contribution < 1.29 is 4.39 Å². The molecule has 1 aromatic rings. The molecule has 1 saturated carbocycles. The largest absolute Gasteiger partial charge is 0.310 e. The van der Waals surface area contributed by atoms with Crippen LogP contribution in [-0.4, -0.2) is 6.04 Å². The highest BCUT2D eigenvalue weighted by Crippen LogP contribution is 2.38. The molecule has 3 heteroatoms. The molecule has 1 aromatic carbocycles. The first kappa shape index (κ1) is 15.8. The van der Waals surface area contributed by atoms with Gasteiger partial charge in [-0.2, -0.15) is 0 Å². The van der Waals surface area contributed by atoms with Crippen LogP contribution in [0.4, 0.5) is 4.39 Å². The summed E-state index contributed by atoms with van der Waals surface area (Å²) in [6.45, 7) is 7.67. The van der Waals surface area contributed by atoms with E-state index < -0.39 is 0 Å². The van der Waals surface area contributed by atoms with Crippen LogP contribution in [0.2, 0.25) is 5.02 Å². The highest BCUT2D eigenvalue weighted by Gasteiger charge is 2.33. The van der Waals surface area contributed by atoms with Crippen LogP contribution in [-0.2, 0) is 6.54 Å². The SMILES string of the molecule is CC(C)(C)C1CCCCC1NCc1ccc(Cl)c(F)c1. The molecule has 1 nitrogen and oxygen atoms in total. The Morgan fingerprint density at radius 3 is 2.60 bits per heavy atom. The first-order chi connectivity index (χ1) is 9.38. The summed E-state index contributed by atoms with van der Waals surface area (Å²) in [6.07, 6.45) is 5.13. The Bertz CT molecular complexity index is 453. The summed E-state index contributed by atoms with van der Waals surface area (Å²) >= 11 is 5.72. The Morgan fingerprint density at radius 2 is 1.95 bits per heavy atom. The number of halogens is 2. The summed E-state index contributed by atoms with van der Waals surface area (Å²) in [4.78, 5) is 0. The third kappa shape index (κ3) is 3.95. The standard InChI is InChI=1S/C17H25ClFN/c1-17(2,3)13-6-4-5-7-16(13)20-11-12-8-9-14(18)15(19)10-12/h8-10,13,16,20H,4-7,11H2,1-3H3. The third-order valence-corrected chi connectivity index (χ3v) is 4.74. The minimum absolute atomic E-state index is 0.194. The molecule has 20 heavy (non-hydrogen) atoms. The number of nitrogens with one attached hydrogen (secondary N) is 1. The Hall–Kier alpha value is -0.600. The number of benzene rings is 1. The van der Waals surface area contributed by atoms with Crippen molar-refractivity contribution in [2.24, 2.45) is 11.3 Å². The fourth-order valence-electron chi connectivity index (χ4n) is 3.31.